The van der Waals surface area contributed by atoms with Crippen molar-refractivity contribution in [2.75, 3.05) is 26.4 Å². The van der Waals surface area contributed by atoms with E-state index in [2.05, 4.69) is 88.9 Å². The lowest BCUT2D eigenvalue weighted by Gasteiger charge is -2.15. The van der Waals surface area contributed by atoms with Gasteiger partial charge in [0.2, 0.25) is 5.78 Å². The summed E-state index contributed by atoms with van der Waals surface area (Å²) in [5, 5.41) is 2.62. The van der Waals surface area contributed by atoms with Gasteiger partial charge in [-0.2, -0.15) is 0 Å². The van der Waals surface area contributed by atoms with Crippen LogP contribution < -0.4 is 18.9 Å². The molecule has 6 aromatic carbocycles. The Hall–Kier alpha value is -8.43. The maximum Gasteiger partial charge on any atom is 0.214 e. The largest absolute Gasteiger partial charge is 0.494 e. The lowest BCUT2D eigenvalue weighted by atomic mass is 9.88. The molecular formula is C59H48N4O5. The lowest BCUT2D eigenvalue weighted by molar-refractivity contribution is 0.104. The Labute approximate surface area is 393 Å². The molecule has 0 saturated carbocycles. The number of nitrogens with one attached hydrogen (secondary N) is 2. The normalized spacial score (nSPS) is 12.0. The van der Waals surface area contributed by atoms with Crippen molar-refractivity contribution in [3.63, 3.8) is 0 Å². The van der Waals surface area contributed by atoms with Crippen molar-refractivity contribution in [1.82, 2.24) is 19.9 Å². The summed E-state index contributed by atoms with van der Waals surface area (Å²) in [6.07, 6.45) is 4.16. The molecule has 2 N–H and O–H groups in total. The molecule has 9 heteroatoms. The molecule has 11 rings (SSSR count). The number of ketones is 1. The third-order valence-corrected chi connectivity index (χ3v) is 12.5. The average molecular weight is 893 g/mol. The fourth-order valence-electron chi connectivity index (χ4n) is 9.64. The van der Waals surface area contributed by atoms with Crippen molar-refractivity contribution < 1.29 is 23.7 Å². The van der Waals surface area contributed by atoms with Crippen molar-refractivity contribution in [2.24, 2.45) is 0 Å². The van der Waals surface area contributed by atoms with Crippen molar-refractivity contribution in [1.29, 1.82) is 0 Å². The molecule has 8 bridgehead atoms. The first-order chi connectivity index (χ1) is 33.4. The van der Waals surface area contributed by atoms with E-state index in [0.29, 0.717) is 54.5 Å². The number of benzene rings is 6. The number of aromatic nitrogens is 4. The van der Waals surface area contributed by atoms with E-state index >= 15 is 4.79 Å². The number of rotatable bonds is 12. The molecule has 334 valence electrons. The number of H-pyrrole nitrogens is 2. The SMILES string of the molecule is CCOc1ccc(-c2c3nc(c(-c4ccc(OCC)cc4)c4ccc([nH]4)c4c5nc(c(-c6ccc(OCC)cc6)c6ccc2[nH]6)C(=O)c5c(-c2ccccc2)c2cc(OCC)ccc24)C=C3)cc1. The second-order valence-corrected chi connectivity index (χ2v) is 16.6. The van der Waals surface area contributed by atoms with E-state index in [1.165, 1.54) is 0 Å². The minimum Gasteiger partial charge on any atom is -0.494 e. The average Bonchev–Trinajstić information content (AvgIpc) is 4.20. The highest BCUT2D eigenvalue weighted by Gasteiger charge is 2.32. The van der Waals surface area contributed by atoms with Gasteiger partial charge in [0.1, 0.15) is 28.7 Å². The van der Waals surface area contributed by atoms with Gasteiger partial charge in [-0.25, -0.2) is 9.97 Å². The predicted molar refractivity (Wildman–Crippen MR) is 275 cm³/mol. The van der Waals surface area contributed by atoms with Gasteiger partial charge in [0.15, 0.2) is 0 Å². The van der Waals surface area contributed by atoms with Gasteiger partial charge >= 0.3 is 0 Å². The molecule has 0 fully saturated rings. The number of carbonyl (C=O) groups is 1. The van der Waals surface area contributed by atoms with E-state index in [1.54, 1.807) is 0 Å². The Balaban J connectivity index is 1.33. The molecule has 5 heterocycles. The summed E-state index contributed by atoms with van der Waals surface area (Å²) in [4.78, 5) is 34.5. The maximum absolute atomic E-state index is 15.9. The summed E-state index contributed by atoms with van der Waals surface area (Å²) in [5.74, 6) is 2.83. The fraction of sp³-hybridized carbons (Fsp3) is 0.136. The van der Waals surface area contributed by atoms with E-state index in [4.69, 9.17) is 28.9 Å². The van der Waals surface area contributed by atoms with Crippen LogP contribution in [0.3, 0.4) is 0 Å². The number of aromatic amines is 2. The zero-order chi connectivity index (χ0) is 46.3. The van der Waals surface area contributed by atoms with E-state index in [1.807, 2.05) is 107 Å². The van der Waals surface area contributed by atoms with Gasteiger partial charge in [-0.15, -0.1) is 0 Å². The monoisotopic (exact) mass is 892 g/mol. The Morgan fingerprint density at radius 1 is 0.412 bits per heavy atom. The molecule has 0 unspecified atom stereocenters. The van der Waals surface area contributed by atoms with Crippen LogP contribution in [-0.2, 0) is 0 Å². The molecule has 9 nitrogen and oxygen atoms in total. The van der Waals surface area contributed by atoms with Gasteiger partial charge in [0.05, 0.1) is 48.9 Å². The van der Waals surface area contributed by atoms with Crippen LogP contribution in [-0.4, -0.2) is 52.1 Å². The quantitative estimate of drug-likeness (QED) is 0.126. The molecule has 0 spiro atoms. The molecule has 3 aromatic heterocycles. The smallest absolute Gasteiger partial charge is 0.214 e. The number of hydrogen-bond acceptors (Lipinski definition) is 7. The van der Waals surface area contributed by atoms with Gasteiger partial charge in [-0.05, 0) is 152 Å². The summed E-state index contributed by atoms with van der Waals surface area (Å²) in [5.41, 5.74) is 13.1. The maximum atomic E-state index is 15.9. The minimum absolute atomic E-state index is 0.181. The van der Waals surface area contributed by atoms with Crippen LogP contribution in [0.15, 0.2) is 146 Å². The van der Waals surface area contributed by atoms with Crippen LogP contribution in [0.5, 0.6) is 23.0 Å². The molecule has 0 saturated heterocycles. The summed E-state index contributed by atoms with van der Waals surface area (Å²) < 4.78 is 23.8. The minimum atomic E-state index is -0.181. The van der Waals surface area contributed by atoms with Crippen LogP contribution >= 0.6 is 0 Å². The molecule has 0 aliphatic carbocycles. The summed E-state index contributed by atoms with van der Waals surface area (Å²) in [7, 11) is 0. The van der Waals surface area contributed by atoms with E-state index in [0.717, 1.165) is 106 Å². The summed E-state index contributed by atoms with van der Waals surface area (Å²) in [6, 6.07) is 48.7. The lowest BCUT2D eigenvalue weighted by Crippen LogP contribution is -2.03. The van der Waals surface area contributed by atoms with Gasteiger partial charge in [-0.1, -0.05) is 66.7 Å². The third kappa shape index (κ3) is 7.42. The zero-order valence-corrected chi connectivity index (χ0v) is 38.3. The highest BCUT2D eigenvalue weighted by Crippen LogP contribution is 2.46. The van der Waals surface area contributed by atoms with Crippen LogP contribution in [0.1, 0.15) is 55.1 Å². The number of nitrogens with zero attached hydrogens (tertiary/aromatic N) is 2. The molecule has 2 aliphatic rings. The van der Waals surface area contributed by atoms with E-state index in [-0.39, 0.29) is 5.78 Å². The standard InChI is InChI=1S/C59H48N4O5/c1-5-65-39-20-14-36(15-21-39)52-45-28-29-46(60-45)53(37-16-22-40(23-17-37)66-6-2)48-31-33-50(62-48)55-43-27-26-42(68-8-4)34-44(43)51(35-12-10-9-11-13-35)56-57(55)63-58(59(56)64)54(49-32-30-47(52)61-49)38-18-24-41(25-19-38)67-7-3/h9-34,61-62H,5-8H2,1-4H3. The Morgan fingerprint density at radius 3 is 1.38 bits per heavy atom. The van der Waals surface area contributed by atoms with Crippen molar-refractivity contribution in [2.45, 2.75) is 27.7 Å². The number of ether oxygens (including phenoxy) is 4. The second kappa shape index (κ2) is 17.8. The highest BCUT2D eigenvalue weighted by molar-refractivity contribution is 6.32. The number of hydrogen-bond donors (Lipinski definition) is 2. The highest BCUT2D eigenvalue weighted by atomic mass is 16.5. The summed E-state index contributed by atoms with van der Waals surface area (Å²) >= 11 is 0. The topological polar surface area (TPSA) is 111 Å². The Bertz CT molecular complexity index is 3610. The van der Waals surface area contributed by atoms with Crippen molar-refractivity contribution in [3.8, 4) is 67.5 Å². The summed E-state index contributed by atoms with van der Waals surface area (Å²) in [6.45, 7) is 10.0. The van der Waals surface area contributed by atoms with Gasteiger partial charge in [0.25, 0.3) is 0 Å². The molecule has 0 atom stereocenters. The molecule has 0 amide bonds. The van der Waals surface area contributed by atoms with Crippen LogP contribution in [0.4, 0.5) is 0 Å². The van der Waals surface area contributed by atoms with Gasteiger partial charge in [0, 0.05) is 49.7 Å². The van der Waals surface area contributed by atoms with Gasteiger partial charge < -0.3 is 28.9 Å². The molecular weight excluding hydrogens is 845 g/mol. The second-order valence-electron chi connectivity index (χ2n) is 16.6. The predicted octanol–water partition coefficient (Wildman–Crippen LogP) is 14.3. The number of carbonyl (C=O) groups excluding carboxylic acids is 1. The fourth-order valence-corrected chi connectivity index (χ4v) is 9.64. The van der Waals surface area contributed by atoms with Crippen LogP contribution in [0, 0.1) is 0 Å². The molecule has 0 radical (unpaired) electrons. The first-order valence-corrected chi connectivity index (χ1v) is 23.2. The Kier molecular flexibility index (Phi) is 11.0. The van der Waals surface area contributed by atoms with E-state index in [9.17, 15) is 0 Å². The van der Waals surface area contributed by atoms with Crippen molar-refractivity contribution in [3.05, 3.63) is 168 Å². The number of fused-ring (bicyclic) bond motifs is 10. The van der Waals surface area contributed by atoms with Gasteiger partial charge in [-0.3, -0.25) is 4.79 Å². The van der Waals surface area contributed by atoms with Crippen LogP contribution in [0.2, 0.25) is 0 Å². The third-order valence-electron chi connectivity index (χ3n) is 12.5. The first kappa shape index (κ1) is 42.2. The molecule has 68 heavy (non-hydrogen) atoms. The van der Waals surface area contributed by atoms with Crippen LogP contribution in [0.25, 0.3) is 100 Å². The van der Waals surface area contributed by atoms with Crippen molar-refractivity contribution >= 4 is 61.7 Å². The Morgan fingerprint density at radius 2 is 0.853 bits per heavy atom. The zero-order valence-electron chi connectivity index (χ0n) is 38.3. The molecule has 9 aromatic rings. The van der Waals surface area contributed by atoms with E-state index < -0.39 is 0 Å². The molecule has 2 aliphatic heterocycles. The first-order valence-electron chi connectivity index (χ1n) is 23.2.